The zero-order valence-electron chi connectivity index (χ0n) is 14.3. The smallest absolute Gasteiger partial charge is 0.241 e. The normalized spacial score (nSPS) is 17.0. The zero-order chi connectivity index (χ0) is 18.9. The summed E-state index contributed by atoms with van der Waals surface area (Å²) in [5.41, 5.74) is 6.30. The molecule has 1 aromatic rings. The van der Waals surface area contributed by atoms with Crippen LogP contribution in [-0.4, -0.2) is 53.4 Å². The maximum atomic E-state index is 12.2. The maximum absolute atomic E-state index is 12.2. The summed E-state index contributed by atoms with van der Waals surface area (Å²) in [5.74, 6) is -0.0843. The minimum atomic E-state index is -0.947. The van der Waals surface area contributed by atoms with E-state index >= 15 is 0 Å². The average molecular weight is 355 g/mol. The molecule has 4 N–H and O–H groups in total. The molecule has 2 heterocycles. The van der Waals surface area contributed by atoms with Crippen molar-refractivity contribution >= 4 is 17.6 Å². The third kappa shape index (κ3) is 5.16. The quantitative estimate of drug-likeness (QED) is 0.569. The molecule has 136 valence electrons. The summed E-state index contributed by atoms with van der Waals surface area (Å²) < 4.78 is 0. The summed E-state index contributed by atoms with van der Waals surface area (Å²) in [7, 11) is 0. The van der Waals surface area contributed by atoms with Crippen LogP contribution >= 0.6 is 0 Å². The number of nitrogens with two attached hydrogens (primary N) is 1. The van der Waals surface area contributed by atoms with Gasteiger partial charge in [0, 0.05) is 25.8 Å². The fourth-order valence-corrected chi connectivity index (χ4v) is 2.69. The third-order valence-electron chi connectivity index (χ3n) is 4.05. The SMILES string of the molecule is N#Cc1ccc(NCCNC(=O)CC(N)C(=O)N2CCCC2C#N)nc1. The molecule has 1 aliphatic heterocycles. The largest absolute Gasteiger partial charge is 0.368 e. The number of likely N-dealkylation sites (tertiary alicyclic amines) is 1. The Labute approximate surface area is 151 Å². The zero-order valence-corrected chi connectivity index (χ0v) is 14.3. The highest BCUT2D eigenvalue weighted by molar-refractivity contribution is 5.88. The monoisotopic (exact) mass is 355 g/mol. The lowest BCUT2D eigenvalue weighted by Gasteiger charge is -2.23. The number of hydrogen-bond acceptors (Lipinski definition) is 7. The molecule has 9 heteroatoms. The van der Waals surface area contributed by atoms with Crippen molar-refractivity contribution in [1.29, 1.82) is 10.5 Å². The van der Waals surface area contributed by atoms with Crippen molar-refractivity contribution in [2.24, 2.45) is 5.73 Å². The van der Waals surface area contributed by atoms with Crippen LogP contribution in [0.2, 0.25) is 0 Å². The van der Waals surface area contributed by atoms with Crippen LogP contribution in [0.5, 0.6) is 0 Å². The molecule has 1 aliphatic rings. The first-order chi connectivity index (χ1) is 12.5. The van der Waals surface area contributed by atoms with Crippen LogP contribution in [0.25, 0.3) is 0 Å². The molecule has 0 bridgehead atoms. The molecule has 1 fully saturated rings. The third-order valence-corrected chi connectivity index (χ3v) is 4.05. The standard InChI is InChI=1S/C17H21N7O2/c18-9-12-3-4-15(23-11-12)21-5-6-22-16(25)8-14(20)17(26)24-7-1-2-13(24)10-19/h3-4,11,13-14H,1-2,5-8,20H2,(H,21,23)(H,22,25). The lowest BCUT2D eigenvalue weighted by atomic mass is 10.1. The molecule has 1 aromatic heterocycles. The number of rotatable bonds is 7. The molecule has 0 aliphatic carbocycles. The minimum Gasteiger partial charge on any atom is -0.368 e. The van der Waals surface area contributed by atoms with Gasteiger partial charge in [-0.25, -0.2) is 4.98 Å². The summed E-state index contributed by atoms with van der Waals surface area (Å²) in [6.45, 7) is 1.29. The van der Waals surface area contributed by atoms with Crippen molar-refractivity contribution in [3.05, 3.63) is 23.9 Å². The van der Waals surface area contributed by atoms with Crippen LogP contribution in [0.3, 0.4) is 0 Å². The minimum absolute atomic E-state index is 0.122. The van der Waals surface area contributed by atoms with Crippen LogP contribution in [0.1, 0.15) is 24.8 Å². The predicted molar refractivity (Wildman–Crippen MR) is 93.4 cm³/mol. The molecule has 26 heavy (non-hydrogen) atoms. The highest BCUT2D eigenvalue weighted by Crippen LogP contribution is 2.17. The van der Waals surface area contributed by atoms with Gasteiger partial charge in [-0.05, 0) is 25.0 Å². The van der Waals surface area contributed by atoms with Crippen LogP contribution in [0, 0.1) is 22.7 Å². The molecular formula is C17H21N7O2. The molecular weight excluding hydrogens is 334 g/mol. The summed E-state index contributed by atoms with van der Waals surface area (Å²) in [6.07, 6.45) is 2.76. The Morgan fingerprint density at radius 3 is 2.85 bits per heavy atom. The van der Waals surface area contributed by atoms with Gasteiger partial charge in [0.05, 0.1) is 24.1 Å². The predicted octanol–water partition coefficient (Wildman–Crippen LogP) is -0.287. The first-order valence-electron chi connectivity index (χ1n) is 8.37. The summed E-state index contributed by atoms with van der Waals surface area (Å²) in [4.78, 5) is 29.7. The van der Waals surface area contributed by atoms with Gasteiger partial charge in [0.15, 0.2) is 0 Å². The van der Waals surface area contributed by atoms with Crippen LogP contribution in [0.15, 0.2) is 18.3 Å². The molecule has 2 atom stereocenters. The molecule has 0 spiro atoms. The van der Waals surface area contributed by atoms with Gasteiger partial charge >= 0.3 is 0 Å². The Kier molecular flexibility index (Phi) is 6.89. The van der Waals surface area contributed by atoms with E-state index in [-0.39, 0.29) is 18.2 Å². The first kappa shape index (κ1) is 19.2. The maximum Gasteiger partial charge on any atom is 0.241 e. The van der Waals surface area contributed by atoms with E-state index in [1.807, 2.05) is 6.07 Å². The van der Waals surface area contributed by atoms with Crippen LogP contribution in [-0.2, 0) is 9.59 Å². The molecule has 9 nitrogen and oxygen atoms in total. The Hall–Kier alpha value is -3.17. The van der Waals surface area contributed by atoms with E-state index in [0.29, 0.717) is 37.4 Å². The number of nitrogens with one attached hydrogen (secondary N) is 2. The topological polar surface area (TPSA) is 148 Å². The van der Waals surface area contributed by atoms with Crippen LogP contribution in [0.4, 0.5) is 5.82 Å². The molecule has 2 rings (SSSR count). The second-order valence-corrected chi connectivity index (χ2v) is 5.95. The Bertz CT molecular complexity index is 720. The van der Waals surface area contributed by atoms with Gasteiger partial charge < -0.3 is 21.3 Å². The van der Waals surface area contributed by atoms with Crippen LogP contribution < -0.4 is 16.4 Å². The van der Waals surface area contributed by atoms with E-state index in [0.717, 1.165) is 6.42 Å². The van der Waals surface area contributed by atoms with E-state index in [2.05, 4.69) is 21.7 Å². The summed E-state index contributed by atoms with van der Waals surface area (Å²) in [6, 6.07) is 6.00. The van der Waals surface area contributed by atoms with Gasteiger partial charge in [0.1, 0.15) is 17.9 Å². The molecule has 1 saturated heterocycles. The van der Waals surface area contributed by atoms with Crippen molar-refractivity contribution < 1.29 is 9.59 Å². The molecule has 0 aromatic carbocycles. The number of aromatic nitrogens is 1. The first-order valence-corrected chi connectivity index (χ1v) is 8.37. The number of pyridine rings is 1. The van der Waals surface area contributed by atoms with Gasteiger partial charge in [-0.3, -0.25) is 9.59 Å². The van der Waals surface area contributed by atoms with Crippen molar-refractivity contribution in [3.8, 4) is 12.1 Å². The van der Waals surface area contributed by atoms with Gasteiger partial charge in [0.25, 0.3) is 0 Å². The number of anilines is 1. The highest BCUT2D eigenvalue weighted by atomic mass is 16.2. The number of nitrogens with zero attached hydrogens (tertiary/aromatic N) is 4. The van der Waals surface area contributed by atoms with Gasteiger partial charge in [0.2, 0.25) is 11.8 Å². The van der Waals surface area contributed by atoms with E-state index in [1.165, 1.54) is 11.1 Å². The van der Waals surface area contributed by atoms with Gasteiger partial charge in [-0.15, -0.1) is 0 Å². The second-order valence-electron chi connectivity index (χ2n) is 5.95. The lowest BCUT2D eigenvalue weighted by molar-refractivity contribution is -0.135. The second kappa shape index (κ2) is 9.35. The molecule has 0 radical (unpaired) electrons. The Morgan fingerprint density at radius 2 is 2.19 bits per heavy atom. The number of carbonyl (C=O) groups is 2. The van der Waals surface area contributed by atoms with Crippen molar-refractivity contribution in [2.45, 2.75) is 31.3 Å². The number of hydrogen-bond donors (Lipinski definition) is 3. The average Bonchev–Trinajstić information content (AvgIpc) is 3.13. The summed E-state index contributed by atoms with van der Waals surface area (Å²) >= 11 is 0. The van der Waals surface area contributed by atoms with E-state index in [4.69, 9.17) is 16.3 Å². The number of amides is 2. The number of nitriles is 2. The molecule has 2 unspecified atom stereocenters. The van der Waals surface area contributed by atoms with E-state index in [9.17, 15) is 9.59 Å². The van der Waals surface area contributed by atoms with Crippen molar-refractivity contribution in [3.63, 3.8) is 0 Å². The van der Waals surface area contributed by atoms with Crippen molar-refractivity contribution in [1.82, 2.24) is 15.2 Å². The molecule has 0 saturated carbocycles. The lowest BCUT2D eigenvalue weighted by Crippen LogP contribution is -2.47. The Balaban J connectivity index is 1.68. The van der Waals surface area contributed by atoms with E-state index in [1.54, 1.807) is 12.1 Å². The fraction of sp³-hybridized carbons (Fsp3) is 0.471. The van der Waals surface area contributed by atoms with E-state index < -0.39 is 12.1 Å². The van der Waals surface area contributed by atoms with Crippen molar-refractivity contribution in [2.75, 3.05) is 25.0 Å². The van der Waals surface area contributed by atoms with Gasteiger partial charge in [-0.2, -0.15) is 10.5 Å². The number of carbonyl (C=O) groups excluding carboxylic acids is 2. The highest BCUT2D eigenvalue weighted by Gasteiger charge is 2.32. The molecule has 2 amide bonds. The van der Waals surface area contributed by atoms with Gasteiger partial charge in [-0.1, -0.05) is 0 Å². The summed E-state index contributed by atoms with van der Waals surface area (Å²) in [5, 5.41) is 23.4. The Morgan fingerprint density at radius 1 is 1.38 bits per heavy atom. The fourth-order valence-electron chi connectivity index (χ4n) is 2.69.